The molecule has 2 aromatic carbocycles. The topological polar surface area (TPSA) is 78.7 Å². The number of carbonyl (C=O) groups excluding carboxylic acids is 1. The average Bonchev–Trinajstić information content (AvgIpc) is 3.54. The quantitative estimate of drug-likeness (QED) is 0.593. The Kier molecular flexibility index (Phi) is 7.44. The van der Waals surface area contributed by atoms with E-state index in [-0.39, 0.29) is 5.91 Å². The number of amides is 1. The predicted octanol–water partition coefficient (Wildman–Crippen LogP) is 3.74. The summed E-state index contributed by atoms with van der Waals surface area (Å²) in [6, 6.07) is 15.4. The number of rotatable bonds is 3. The van der Waals surface area contributed by atoms with E-state index in [1.807, 2.05) is 34.7 Å². The summed E-state index contributed by atoms with van der Waals surface area (Å²) < 4.78 is 33.7. The van der Waals surface area contributed by atoms with Gasteiger partial charge in [0.05, 0.1) is 6.33 Å². The number of aliphatic carboxylic acids is 1. The Hall–Kier alpha value is -3.66. The number of halogens is 3. The van der Waals surface area contributed by atoms with Gasteiger partial charge in [0.1, 0.15) is 0 Å². The van der Waals surface area contributed by atoms with Crippen LogP contribution in [0.3, 0.4) is 0 Å². The third-order valence-corrected chi connectivity index (χ3v) is 6.63. The molecule has 1 amide bonds. The molecule has 0 bridgehead atoms. The fourth-order valence-corrected chi connectivity index (χ4v) is 4.71. The van der Waals surface area contributed by atoms with Gasteiger partial charge in [-0.3, -0.25) is 9.69 Å². The van der Waals surface area contributed by atoms with Gasteiger partial charge in [0.25, 0.3) is 5.91 Å². The van der Waals surface area contributed by atoms with Crippen LogP contribution in [0.5, 0.6) is 0 Å². The van der Waals surface area contributed by atoms with Crippen LogP contribution in [0, 0.1) is 6.92 Å². The van der Waals surface area contributed by atoms with Crippen LogP contribution in [0.2, 0.25) is 0 Å². The number of piperazine rings is 1. The fourth-order valence-electron chi connectivity index (χ4n) is 4.71. The van der Waals surface area contributed by atoms with E-state index in [0.29, 0.717) is 6.04 Å². The zero-order chi connectivity index (χ0) is 25.9. The molecule has 1 saturated heterocycles. The first-order chi connectivity index (χ1) is 17.1. The van der Waals surface area contributed by atoms with Crippen LogP contribution >= 0.6 is 0 Å². The normalized spacial score (nSPS) is 16.3. The number of carboxylic acid groups (broad SMARTS) is 1. The van der Waals surface area contributed by atoms with Gasteiger partial charge in [-0.05, 0) is 54.7 Å². The van der Waals surface area contributed by atoms with Crippen molar-refractivity contribution in [3.63, 3.8) is 0 Å². The van der Waals surface area contributed by atoms with Crippen molar-refractivity contribution in [2.45, 2.75) is 32.0 Å². The molecule has 7 nitrogen and oxygen atoms in total. The molecule has 10 heteroatoms. The molecule has 0 radical (unpaired) electrons. The molecule has 190 valence electrons. The molecule has 1 N–H and O–H groups in total. The summed E-state index contributed by atoms with van der Waals surface area (Å²) in [6.45, 7) is 5.52. The zero-order valence-electron chi connectivity index (χ0n) is 19.8. The summed E-state index contributed by atoms with van der Waals surface area (Å²) in [7, 11) is 0. The molecule has 0 saturated carbocycles. The average molecular weight is 501 g/mol. The van der Waals surface area contributed by atoms with E-state index in [9.17, 15) is 18.0 Å². The smallest absolute Gasteiger partial charge is 0.475 e. The first-order valence-electron chi connectivity index (χ1n) is 11.6. The van der Waals surface area contributed by atoms with Crippen LogP contribution in [0.1, 0.15) is 27.0 Å². The van der Waals surface area contributed by atoms with Gasteiger partial charge in [-0.25, -0.2) is 9.78 Å². The molecule has 3 aromatic rings. The maximum atomic E-state index is 13.1. The molecular formula is C26H27F3N4O3. The molecule has 2 aliphatic rings. The number of nitrogens with zero attached hydrogens (tertiary/aromatic N) is 4. The van der Waals surface area contributed by atoms with E-state index in [2.05, 4.69) is 40.2 Å². The van der Waals surface area contributed by atoms with Crippen LogP contribution < -0.4 is 0 Å². The van der Waals surface area contributed by atoms with Gasteiger partial charge >= 0.3 is 12.1 Å². The molecule has 5 rings (SSSR count). The molecule has 0 unspecified atom stereocenters. The van der Waals surface area contributed by atoms with Crippen LogP contribution in [0.25, 0.3) is 5.69 Å². The van der Waals surface area contributed by atoms with Gasteiger partial charge in [0.2, 0.25) is 0 Å². The maximum Gasteiger partial charge on any atom is 0.490 e. The number of hydrogen-bond acceptors (Lipinski definition) is 4. The van der Waals surface area contributed by atoms with Crippen molar-refractivity contribution in [2.24, 2.45) is 0 Å². The van der Waals surface area contributed by atoms with Crippen molar-refractivity contribution < 1.29 is 27.9 Å². The number of carboxylic acids is 1. The Morgan fingerprint density at radius 1 is 1.00 bits per heavy atom. The zero-order valence-corrected chi connectivity index (χ0v) is 19.8. The van der Waals surface area contributed by atoms with Gasteiger partial charge in [0.15, 0.2) is 0 Å². The highest BCUT2D eigenvalue weighted by molar-refractivity contribution is 5.96. The molecular weight excluding hydrogens is 473 g/mol. The minimum Gasteiger partial charge on any atom is -0.475 e. The first kappa shape index (κ1) is 25.4. The van der Waals surface area contributed by atoms with E-state index in [4.69, 9.17) is 9.90 Å². The van der Waals surface area contributed by atoms with Crippen molar-refractivity contribution in [2.75, 3.05) is 26.2 Å². The molecule has 1 aliphatic heterocycles. The van der Waals surface area contributed by atoms with Gasteiger partial charge in [-0.15, -0.1) is 0 Å². The Labute approximate surface area is 206 Å². The van der Waals surface area contributed by atoms with E-state index < -0.39 is 12.1 Å². The number of alkyl halides is 3. The highest BCUT2D eigenvalue weighted by Gasteiger charge is 2.38. The first-order valence-corrected chi connectivity index (χ1v) is 11.6. The predicted molar refractivity (Wildman–Crippen MR) is 127 cm³/mol. The lowest BCUT2D eigenvalue weighted by atomic mass is 10.1. The Morgan fingerprint density at radius 3 is 2.11 bits per heavy atom. The lowest BCUT2D eigenvalue weighted by Crippen LogP contribution is -2.52. The van der Waals surface area contributed by atoms with Crippen molar-refractivity contribution in [3.05, 3.63) is 83.4 Å². The number of hydrogen-bond donors (Lipinski definition) is 1. The Balaban J connectivity index is 0.000000384. The molecule has 0 spiro atoms. The van der Waals surface area contributed by atoms with Gasteiger partial charge in [0, 0.05) is 55.9 Å². The van der Waals surface area contributed by atoms with Gasteiger partial charge in [-0.1, -0.05) is 24.3 Å². The molecule has 2 heterocycles. The van der Waals surface area contributed by atoms with Crippen molar-refractivity contribution >= 4 is 11.9 Å². The summed E-state index contributed by atoms with van der Waals surface area (Å²) >= 11 is 0. The third kappa shape index (κ3) is 5.76. The number of imidazole rings is 1. The standard InChI is InChI=1S/C24H26N4O.C2HF3O2/c1-18-14-21(28-9-8-25-17-28)6-7-23(18)24(29)27-12-10-26(11-13-27)22-15-19-4-2-3-5-20(19)16-22;3-2(4,5)1(6)7/h2-9,14,17,22H,10-13,15-16H2,1H3;(H,6,7). The summed E-state index contributed by atoms with van der Waals surface area (Å²) in [5.41, 5.74) is 5.82. The number of carbonyl (C=O) groups is 2. The van der Waals surface area contributed by atoms with E-state index in [1.165, 1.54) is 11.1 Å². The SMILES string of the molecule is Cc1cc(-n2ccnc2)ccc1C(=O)N1CCN(C2Cc3ccccc3C2)CC1.O=C(O)C(F)(F)F. The highest BCUT2D eigenvalue weighted by atomic mass is 19.4. The van der Waals surface area contributed by atoms with Crippen molar-refractivity contribution in [1.29, 1.82) is 0 Å². The van der Waals surface area contributed by atoms with E-state index >= 15 is 0 Å². The van der Waals surface area contributed by atoms with Gasteiger partial charge < -0.3 is 14.6 Å². The number of aromatic nitrogens is 2. The van der Waals surface area contributed by atoms with Crippen molar-refractivity contribution in [1.82, 2.24) is 19.4 Å². The lowest BCUT2D eigenvalue weighted by Gasteiger charge is -2.38. The molecule has 1 aromatic heterocycles. The Morgan fingerprint density at radius 2 is 1.61 bits per heavy atom. The molecule has 0 atom stereocenters. The second kappa shape index (κ2) is 10.5. The summed E-state index contributed by atoms with van der Waals surface area (Å²) in [5.74, 6) is -2.61. The number of aryl methyl sites for hydroxylation is 1. The summed E-state index contributed by atoms with van der Waals surface area (Å²) in [6.07, 6.45) is 2.64. The van der Waals surface area contributed by atoms with E-state index in [1.54, 1.807) is 12.5 Å². The largest absolute Gasteiger partial charge is 0.490 e. The molecule has 1 fully saturated rings. The van der Waals surface area contributed by atoms with Crippen molar-refractivity contribution in [3.8, 4) is 5.69 Å². The molecule has 1 aliphatic carbocycles. The van der Waals surface area contributed by atoms with E-state index in [0.717, 1.165) is 55.8 Å². The monoisotopic (exact) mass is 500 g/mol. The maximum absolute atomic E-state index is 13.1. The lowest BCUT2D eigenvalue weighted by molar-refractivity contribution is -0.192. The minimum absolute atomic E-state index is 0.147. The number of fused-ring (bicyclic) bond motifs is 1. The summed E-state index contributed by atoms with van der Waals surface area (Å²) in [5, 5.41) is 7.12. The fraction of sp³-hybridized carbons (Fsp3) is 0.346. The second-order valence-electron chi connectivity index (χ2n) is 8.93. The van der Waals surface area contributed by atoms with Gasteiger partial charge in [-0.2, -0.15) is 13.2 Å². The molecule has 36 heavy (non-hydrogen) atoms. The summed E-state index contributed by atoms with van der Waals surface area (Å²) in [4.78, 5) is 30.7. The van der Waals surface area contributed by atoms with Crippen LogP contribution in [0.15, 0.2) is 61.2 Å². The van der Waals surface area contributed by atoms with Crippen LogP contribution in [-0.4, -0.2) is 74.7 Å². The Bertz CT molecular complexity index is 1190. The van der Waals surface area contributed by atoms with Crippen LogP contribution in [-0.2, 0) is 17.6 Å². The highest BCUT2D eigenvalue weighted by Crippen LogP contribution is 2.26. The minimum atomic E-state index is -5.08. The van der Waals surface area contributed by atoms with Crippen LogP contribution in [0.4, 0.5) is 13.2 Å². The second-order valence-corrected chi connectivity index (χ2v) is 8.93. The third-order valence-electron chi connectivity index (χ3n) is 6.63. The number of benzene rings is 2.